The van der Waals surface area contributed by atoms with E-state index in [1.807, 2.05) is 0 Å². The Hall–Kier alpha value is -1.28. The third-order valence-electron chi connectivity index (χ3n) is 1.33. The van der Waals surface area contributed by atoms with Gasteiger partial charge in [-0.3, -0.25) is 0 Å². The van der Waals surface area contributed by atoms with Crippen LogP contribution in [-0.2, 0) is 0 Å². The van der Waals surface area contributed by atoms with Gasteiger partial charge in [-0.05, 0) is 0 Å². The lowest BCUT2D eigenvalue weighted by molar-refractivity contribution is 0.145. The minimum atomic E-state index is -3.10. The van der Waals surface area contributed by atoms with Gasteiger partial charge < -0.3 is 0 Å². The maximum atomic E-state index is 12.9. The third-order valence-corrected chi connectivity index (χ3v) is 1.60. The van der Waals surface area contributed by atoms with Gasteiger partial charge in [-0.1, -0.05) is 11.6 Å². The Morgan fingerprint density at radius 1 is 1.54 bits per heavy atom. The summed E-state index contributed by atoms with van der Waals surface area (Å²) in [5.74, 6) is -1.29. The van der Waals surface area contributed by atoms with Crippen molar-refractivity contribution >= 4 is 11.6 Å². The summed E-state index contributed by atoms with van der Waals surface area (Å²) >= 11 is 5.21. The molecule has 1 heterocycles. The van der Waals surface area contributed by atoms with Crippen molar-refractivity contribution < 1.29 is 13.2 Å². The largest absolute Gasteiger partial charge is 0.269 e. The standard InChI is InChI=1S/C7H2ClF3N2/c8-3-2-13-4(1-12)5(6(3)9)7(10)11/h2,7H. The van der Waals surface area contributed by atoms with Crippen molar-refractivity contribution in [3.8, 4) is 6.07 Å². The van der Waals surface area contributed by atoms with Crippen LogP contribution in [0.15, 0.2) is 6.20 Å². The molecule has 0 N–H and O–H groups in total. The summed E-state index contributed by atoms with van der Waals surface area (Å²) < 4.78 is 37.2. The Balaban J connectivity index is 3.43. The van der Waals surface area contributed by atoms with Crippen LogP contribution in [0.25, 0.3) is 0 Å². The number of aromatic nitrogens is 1. The Morgan fingerprint density at radius 2 is 2.15 bits per heavy atom. The van der Waals surface area contributed by atoms with Crippen LogP contribution in [0.5, 0.6) is 0 Å². The van der Waals surface area contributed by atoms with Crippen LogP contribution < -0.4 is 0 Å². The van der Waals surface area contributed by atoms with Crippen molar-refractivity contribution in [3.63, 3.8) is 0 Å². The molecular formula is C7H2ClF3N2. The quantitative estimate of drug-likeness (QED) is 0.708. The van der Waals surface area contributed by atoms with E-state index in [2.05, 4.69) is 4.98 Å². The van der Waals surface area contributed by atoms with Crippen molar-refractivity contribution in [1.82, 2.24) is 4.98 Å². The van der Waals surface area contributed by atoms with E-state index in [0.717, 1.165) is 6.20 Å². The molecule has 0 aliphatic heterocycles. The van der Waals surface area contributed by atoms with Crippen LogP contribution in [0, 0.1) is 17.1 Å². The molecule has 1 rings (SSSR count). The second kappa shape index (κ2) is 3.62. The number of nitrogens with zero attached hydrogens (tertiary/aromatic N) is 2. The second-order valence-electron chi connectivity index (χ2n) is 2.09. The first kappa shape index (κ1) is 9.81. The predicted molar refractivity (Wildman–Crippen MR) is 38.9 cm³/mol. The number of alkyl halides is 2. The average Bonchev–Trinajstić information content (AvgIpc) is 2.08. The Morgan fingerprint density at radius 3 is 2.62 bits per heavy atom. The van der Waals surface area contributed by atoms with E-state index in [4.69, 9.17) is 16.9 Å². The van der Waals surface area contributed by atoms with Crippen LogP contribution >= 0.6 is 11.6 Å². The summed E-state index contributed by atoms with van der Waals surface area (Å²) in [6, 6.07) is 1.36. The molecule has 1 aromatic heterocycles. The highest BCUT2D eigenvalue weighted by Gasteiger charge is 2.21. The molecule has 0 radical (unpaired) electrons. The van der Waals surface area contributed by atoms with Crippen LogP contribution in [0.4, 0.5) is 13.2 Å². The number of rotatable bonds is 1. The molecule has 0 aliphatic carbocycles. The molecule has 0 saturated heterocycles. The van der Waals surface area contributed by atoms with Gasteiger partial charge in [0.05, 0.1) is 16.8 Å². The van der Waals surface area contributed by atoms with Gasteiger partial charge in [-0.15, -0.1) is 0 Å². The molecule has 0 bridgehead atoms. The predicted octanol–water partition coefficient (Wildman–Crippen LogP) is 2.68. The average molecular weight is 207 g/mol. The van der Waals surface area contributed by atoms with Crippen LogP contribution in [0.2, 0.25) is 5.02 Å². The highest BCUT2D eigenvalue weighted by Crippen LogP contribution is 2.28. The molecule has 68 valence electrons. The molecular weight excluding hydrogens is 205 g/mol. The van der Waals surface area contributed by atoms with E-state index < -0.39 is 28.5 Å². The number of nitriles is 1. The third kappa shape index (κ3) is 1.73. The van der Waals surface area contributed by atoms with E-state index in [1.165, 1.54) is 6.07 Å². The molecule has 0 unspecified atom stereocenters. The van der Waals surface area contributed by atoms with E-state index in [-0.39, 0.29) is 0 Å². The van der Waals surface area contributed by atoms with Gasteiger partial charge in [0, 0.05) is 0 Å². The Bertz CT molecular complexity index is 373. The summed E-state index contributed by atoms with van der Waals surface area (Å²) in [6.45, 7) is 0. The van der Waals surface area contributed by atoms with Gasteiger partial charge in [0.15, 0.2) is 11.5 Å². The molecule has 1 aromatic rings. The molecule has 0 aliphatic rings. The molecule has 0 amide bonds. The minimum Gasteiger partial charge on any atom is -0.243 e. The number of pyridine rings is 1. The van der Waals surface area contributed by atoms with Gasteiger partial charge in [0.2, 0.25) is 0 Å². The highest BCUT2D eigenvalue weighted by atomic mass is 35.5. The first-order valence-electron chi connectivity index (χ1n) is 3.10. The van der Waals surface area contributed by atoms with Gasteiger partial charge in [0.25, 0.3) is 6.43 Å². The summed E-state index contributed by atoms with van der Waals surface area (Å²) in [7, 11) is 0. The van der Waals surface area contributed by atoms with Gasteiger partial charge in [-0.25, -0.2) is 18.2 Å². The van der Waals surface area contributed by atoms with E-state index in [0.29, 0.717) is 0 Å². The van der Waals surface area contributed by atoms with Crippen molar-refractivity contribution in [3.05, 3.63) is 28.3 Å². The second-order valence-corrected chi connectivity index (χ2v) is 2.50. The smallest absolute Gasteiger partial charge is 0.243 e. The first-order valence-corrected chi connectivity index (χ1v) is 3.48. The summed E-state index contributed by atoms with van der Waals surface area (Å²) in [4.78, 5) is 3.27. The van der Waals surface area contributed by atoms with E-state index in [1.54, 1.807) is 0 Å². The van der Waals surface area contributed by atoms with E-state index in [9.17, 15) is 13.2 Å². The summed E-state index contributed by atoms with van der Waals surface area (Å²) in [6.07, 6.45) is -2.28. The number of hydrogen-bond acceptors (Lipinski definition) is 2. The Kier molecular flexibility index (Phi) is 2.73. The monoisotopic (exact) mass is 206 g/mol. The van der Waals surface area contributed by atoms with Crippen LogP contribution in [0.1, 0.15) is 17.7 Å². The molecule has 6 heteroatoms. The normalized spacial score (nSPS) is 10.2. The lowest BCUT2D eigenvalue weighted by Crippen LogP contribution is -1.99. The minimum absolute atomic E-state index is 0.519. The fourth-order valence-electron chi connectivity index (χ4n) is 0.768. The maximum absolute atomic E-state index is 12.9. The molecule has 0 saturated carbocycles. The van der Waals surface area contributed by atoms with Crippen LogP contribution in [-0.4, -0.2) is 4.98 Å². The lowest BCUT2D eigenvalue weighted by Gasteiger charge is -2.03. The zero-order valence-corrected chi connectivity index (χ0v) is 6.82. The van der Waals surface area contributed by atoms with Crippen LogP contribution in [0.3, 0.4) is 0 Å². The van der Waals surface area contributed by atoms with Crippen molar-refractivity contribution in [2.24, 2.45) is 0 Å². The number of hydrogen-bond donors (Lipinski definition) is 0. The topological polar surface area (TPSA) is 36.7 Å². The molecule has 0 aromatic carbocycles. The fraction of sp³-hybridized carbons (Fsp3) is 0.143. The van der Waals surface area contributed by atoms with Gasteiger partial charge in [-0.2, -0.15) is 5.26 Å². The first-order chi connectivity index (χ1) is 6.07. The van der Waals surface area contributed by atoms with Gasteiger partial charge in [0.1, 0.15) is 6.07 Å². The molecule has 0 atom stereocenters. The maximum Gasteiger partial charge on any atom is 0.269 e. The lowest BCUT2D eigenvalue weighted by atomic mass is 10.2. The summed E-state index contributed by atoms with van der Waals surface area (Å²) in [5, 5.41) is 7.81. The molecule has 0 spiro atoms. The number of halogens is 4. The molecule has 13 heavy (non-hydrogen) atoms. The SMILES string of the molecule is N#Cc1ncc(Cl)c(F)c1C(F)F. The summed E-state index contributed by atoms with van der Waals surface area (Å²) in [5.41, 5.74) is -1.69. The zero-order valence-electron chi connectivity index (χ0n) is 6.06. The van der Waals surface area contributed by atoms with Crippen molar-refractivity contribution in [1.29, 1.82) is 5.26 Å². The van der Waals surface area contributed by atoms with Crippen molar-refractivity contribution in [2.45, 2.75) is 6.43 Å². The zero-order chi connectivity index (χ0) is 10.0. The van der Waals surface area contributed by atoms with E-state index >= 15 is 0 Å². The Labute approximate surface area is 76.6 Å². The van der Waals surface area contributed by atoms with Crippen molar-refractivity contribution in [2.75, 3.05) is 0 Å². The highest BCUT2D eigenvalue weighted by molar-refractivity contribution is 6.30. The molecule has 0 fully saturated rings. The fourth-order valence-corrected chi connectivity index (χ4v) is 0.919. The van der Waals surface area contributed by atoms with Gasteiger partial charge >= 0.3 is 0 Å². The molecule has 2 nitrogen and oxygen atoms in total.